The highest BCUT2D eigenvalue weighted by Gasteiger charge is 2.37. The Hall–Kier alpha value is -2.12. The van der Waals surface area contributed by atoms with E-state index in [4.69, 9.17) is 10.8 Å². The molecule has 1 saturated carbocycles. The van der Waals surface area contributed by atoms with Crippen molar-refractivity contribution in [1.82, 2.24) is 10.3 Å². The van der Waals surface area contributed by atoms with Crippen LogP contribution in [0.15, 0.2) is 5.10 Å². The number of urea groups is 1. The van der Waals surface area contributed by atoms with Crippen LogP contribution in [-0.2, 0) is 9.59 Å². The molecule has 1 aliphatic heterocycles. The molecule has 2 fully saturated rings. The number of nitrogens with two attached hydrogens (primary N) is 1. The molecule has 0 bridgehead atoms. The standard InChI is InChI=1S/C16H26N4O4/c17-16(24)19-18-12(6-8-15(22)23)5-7-14(21)20-10-9-11-3-1-2-4-13(11)20/h11,13H,1-10H2,(H,22,23)(H3,17,19,24). The number of fused-ring (bicyclic) bond motifs is 1. The van der Waals surface area contributed by atoms with Gasteiger partial charge in [0.2, 0.25) is 5.91 Å². The van der Waals surface area contributed by atoms with Crippen LogP contribution in [0.2, 0.25) is 0 Å². The number of carbonyl (C=O) groups excluding carboxylic acids is 2. The molecule has 1 saturated heterocycles. The van der Waals surface area contributed by atoms with Gasteiger partial charge in [-0.25, -0.2) is 10.2 Å². The molecule has 3 amide bonds. The third-order valence-corrected chi connectivity index (χ3v) is 4.91. The topological polar surface area (TPSA) is 125 Å². The summed E-state index contributed by atoms with van der Waals surface area (Å²) in [7, 11) is 0. The monoisotopic (exact) mass is 338 g/mol. The van der Waals surface area contributed by atoms with E-state index in [1.807, 2.05) is 4.90 Å². The van der Waals surface area contributed by atoms with Crippen molar-refractivity contribution >= 4 is 23.6 Å². The highest BCUT2D eigenvalue weighted by Crippen LogP contribution is 2.36. The van der Waals surface area contributed by atoms with E-state index >= 15 is 0 Å². The predicted molar refractivity (Wildman–Crippen MR) is 88.3 cm³/mol. The van der Waals surface area contributed by atoms with Gasteiger partial charge in [0, 0.05) is 24.7 Å². The Morgan fingerprint density at radius 2 is 1.79 bits per heavy atom. The van der Waals surface area contributed by atoms with Crippen molar-refractivity contribution in [1.29, 1.82) is 0 Å². The van der Waals surface area contributed by atoms with Gasteiger partial charge in [-0.15, -0.1) is 0 Å². The molecule has 0 aromatic carbocycles. The number of hydrogen-bond acceptors (Lipinski definition) is 4. The molecule has 2 atom stereocenters. The predicted octanol–water partition coefficient (Wildman–Crippen LogP) is 1.45. The second-order valence-electron chi connectivity index (χ2n) is 6.54. The third kappa shape index (κ3) is 5.21. The maximum Gasteiger partial charge on any atom is 0.332 e. The average Bonchev–Trinajstić information content (AvgIpc) is 2.97. The van der Waals surface area contributed by atoms with Gasteiger partial charge in [0.1, 0.15) is 0 Å². The Labute approximate surface area is 141 Å². The maximum absolute atomic E-state index is 12.5. The van der Waals surface area contributed by atoms with Gasteiger partial charge in [-0.3, -0.25) is 9.59 Å². The SMILES string of the molecule is NC(=O)NN=C(CCC(=O)O)CCC(=O)N1CCC2CCCCC21. The van der Waals surface area contributed by atoms with Crippen molar-refractivity contribution in [2.45, 2.75) is 63.8 Å². The second kappa shape index (κ2) is 8.65. The zero-order chi connectivity index (χ0) is 17.5. The van der Waals surface area contributed by atoms with Crippen LogP contribution in [0.25, 0.3) is 0 Å². The van der Waals surface area contributed by atoms with Crippen molar-refractivity contribution < 1.29 is 19.5 Å². The first-order valence-corrected chi connectivity index (χ1v) is 8.59. The van der Waals surface area contributed by atoms with Gasteiger partial charge in [0.25, 0.3) is 0 Å². The van der Waals surface area contributed by atoms with Crippen molar-refractivity contribution in [3.05, 3.63) is 0 Å². The molecule has 0 radical (unpaired) electrons. The van der Waals surface area contributed by atoms with Gasteiger partial charge in [-0.1, -0.05) is 12.8 Å². The van der Waals surface area contributed by atoms with Crippen LogP contribution in [0.1, 0.15) is 57.8 Å². The van der Waals surface area contributed by atoms with E-state index in [-0.39, 0.29) is 25.2 Å². The number of amides is 3. The third-order valence-electron chi connectivity index (χ3n) is 4.91. The first-order valence-electron chi connectivity index (χ1n) is 8.59. The molecule has 0 aromatic heterocycles. The number of hydrazone groups is 1. The van der Waals surface area contributed by atoms with Gasteiger partial charge in [-0.2, -0.15) is 5.10 Å². The van der Waals surface area contributed by atoms with Crippen LogP contribution in [0.4, 0.5) is 4.79 Å². The maximum atomic E-state index is 12.5. The lowest BCUT2D eigenvalue weighted by molar-refractivity contribution is -0.136. The van der Waals surface area contributed by atoms with Gasteiger partial charge in [-0.05, 0) is 38.0 Å². The molecule has 0 aromatic rings. The molecule has 1 aliphatic carbocycles. The van der Waals surface area contributed by atoms with Crippen LogP contribution in [0, 0.1) is 5.92 Å². The van der Waals surface area contributed by atoms with Crippen LogP contribution in [0.3, 0.4) is 0 Å². The highest BCUT2D eigenvalue weighted by molar-refractivity contribution is 5.91. The number of nitrogens with zero attached hydrogens (tertiary/aromatic N) is 2. The number of carbonyl (C=O) groups is 3. The van der Waals surface area contributed by atoms with E-state index in [0.29, 0.717) is 24.1 Å². The van der Waals surface area contributed by atoms with E-state index in [1.165, 1.54) is 19.3 Å². The first-order chi connectivity index (χ1) is 11.5. The molecule has 0 spiro atoms. The van der Waals surface area contributed by atoms with E-state index in [1.54, 1.807) is 0 Å². The van der Waals surface area contributed by atoms with Gasteiger partial charge in [0.05, 0.1) is 6.42 Å². The number of carboxylic acid groups (broad SMARTS) is 1. The summed E-state index contributed by atoms with van der Waals surface area (Å²) in [4.78, 5) is 36.0. The fourth-order valence-electron chi connectivity index (χ4n) is 3.73. The van der Waals surface area contributed by atoms with Crippen molar-refractivity contribution in [2.75, 3.05) is 6.54 Å². The Kier molecular flexibility index (Phi) is 6.57. The number of aliphatic carboxylic acids is 1. The largest absolute Gasteiger partial charge is 0.481 e. The summed E-state index contributed by atoms with van der Waals surface area (Å²) in [5, 5.41) is 12.6. The minimum absolute atomic E-state index is 0.0894. The number of primary amides is 1. The molecule has 24 heavy (non-hydrogen) atoms. The number of hydrogen-bond donors (Lipinski definition) is 3. The summed E-state index contributed by atoms with van der Waals surface area (Å²) in [6.45, 7) is 0.815. The van der Waals surface area contributed by atoms with Crippen molar-refractivity contribution in [2.24, 2.45) is 16.8 Å². The van der Waals surface area contributed by atoms with E-state index < -0.39 is 12.0 Å². The normalized spacial score (nSPS) is 23.7. The van der Waals surface area contributed by atoms with Crippen LogP contribution < -0.4 is 11.2 Å². The lowest BCUT2D eigenvalue weighted by Gasteiger charge is -2.31. The molecule has 8 nitrogen and oxygen atoms in total. The minimum atomic E-state index is -0.947. The Morgan fingerprint density at radius 3 is 2.50 bits per heavy atom. The van der Waals surface area contributed by atoms with Gasteiger partial charge >= 0.3 is 12.0 Å². The number of nitrogens with one attached hydrogen (secondary N) is 1. The van der Waals surface area contributed by atoms with E-state index in [0.717, 1.165) is 19.4 Å². The summed E-state index contributed by atoms with van der Waals surface area (Å²) in [5.74, 6) is -0.219. The fraction of sp³-hybridized carbons (Fsp3) is 0.750. The van der Waals surface area contributed by atoms with E-state index in [2.05, 4.69) is 10.5 Å². The number of carboxylic acids is 1. The van der Waals surface area contributed by atoms with Crippen LogP contribution in [-0.4, -0.2) is 46.2 Å². The lowest BCUT2D eigenvalue weighted by atomic mass is 9.85. The second-order valence-corrected chi connectivity index (χ2v) is 6.54. The van der Waals surface area contributed by atoms with Crippen molar-refractivity contribution in [3.8, 4) is 0 Å². The molecule has 4 N–H and O–H groups in total. The van der Waals surface area contributed by atoms with Gasteiger partial charge < -0.3 is 15.7 Å². The number of likely N-dealkylation sites (tertiary alicyclic amines) is 1. The Bertz CT molecular complexity index is 520. The summed E-state index contributed by atoms with van der Waals surface area (Å²) in [5.41, 5.74) is 7.57. The molecule has 134 valence electrons. The molecule has 2 rings (SSSR count). The average molecular weight is 338 g/mol. The van der Waals surface area contributed by atoms with Gasteiger partial charge in [0.15, 0.2) is 0 Å². The number of rotatable bonds is 7. The zero-order valence-electron chi connectivity index (χ0n) is 13.9. The molecular formula is C16H26N4O4. The smallest absolute Gasteiger partial charge is 0.332 e. The first kappa shape index (κ1) is 18.2. The van der Waals surface area contributed by atoms with Crippen LogP contribution >= 0.6 is 0 Å². The summed E-state index contributed by atoms with van der Waals surface area (Å²) < 4.78 is 0. The quantitative estimate of drug-likeness (QED) is 0.480. The zero-order valence-corrected chi connectivity index (χ0v) is 13.9. The summed E-state index contributed by atoms with van der Waals surface area (Å²) in [6, 6.07) is -0.437. The van der Waals surface area contributed by atoms with Crippen LogP contribution in [0.5, 0.6) is 0 Å². The molecular weight excluding hydrogens is 312 g/mol. The van der Waals surface area contributed by atoms with E-state index in [9.17, 15) is 14.4 Å². The lowest BCUT2D eigenvalue weighted by Crippen LogP contribution is -2.39. The molecule has 2 aliphatic rings. The molecule has 8 heteroatoms. The Balaban J connectivity index is 1.87. The highest BCUT2D eigenvalue weighted by atomic mass is 16.4. The minimum Gasteiger partial charge on any atom is -0.481 e. The molecule has 1 heterocycles. The Morgan fingerprint density at radius 1 is 1.08 bits per heavy atom. The summed E-state index contributed by atoms with van der Waals surface area (Å²) >= 11 is 0. The fourth-order valence-corrected chi connectivity index (χ4v) is 3.73. The molecule has 2 unspecified atom stereocenters. The summed E-state index contributed by atoms with van der Waals surface area (Å²) in [6.07, 6.45) is 6.52. The van der Waals surface area contributed by atoms with Crippen molar-refractivity contribution in [3.63, 3.8) is 0 Å².